The third kappa shape index (κ3) is 3.89. The molecule has 0 saturated carbocycles. The van der Waals surface area contributed by atoms with Gasteiger partial charge < -0.3 is 19.8 Å². The number of phenols is 2. The molecule has 0 spiro atoms. The highest BCUT2D eigenvalue weighted by molar-refractivity contribution is 9.10. The highest BCUT2D eigenvalue weighted by atomic mass is 79.9. The summed E-state index contributed by atoms with van der Waals surface area (Å²) in [5, 5.41) is 28.6. The van der Waals surface area contributed by atoms with Crippen LogP contribution in [-0.2, 0) is 6.54 Å². The van der Waals surface area contributed by atoms with Crippen molar-refractivity contribution in [1.29, 1.82) is 0 Å². The summed E-state index contributed by atoms with van der Waals surface area (Å²) in [4.78, 5) is 15.3. The number of aromatic nitrogens is 2. The second-order valence-electron chi connectivity index (χ2n) is 8.85. The number of methoxy groups -OCH3 is 1. The lowest BCUT2D eigenvalue weighted by Crippen LogP contribution is -2.29. The molecule has 4 aromatic rings. The van der Waals surface area contributed by atoms with Gasteiger partial charge in [0.25, 0.3) is 5.91 Å². The lowest BCUT2D eigenvalue weighted by molar-refractivity contribution is 0.0730. The van der Waals surface area contributed by atoms with E-state index in [-0.39, 0.29) is 35.5 Å². The number of aryl methyl sites for hydroxylation is 2. The fourth-order valence-corrected chi connectivity index (χ4v) is 5.21. The summed E-state index contributed by atoms with van der Waals surface area (Å²) >= 11 is 3.38. The van der Waals surface area contributed by atoms with Crippen molar-refractivity contribution in [3.8, 4) is 28.5 Å². The molecule has 0 saturated heterocycles. The fraction of sp³-hybridized carbons (Fsp3) is 0.185. The van der Waals surface area contributed by atoms with Crippen LogP contribution in [0.3, 0.4) is 0 Å². The maximum Gasteiger partial charge on any atom is 0.273 e. The Bertz CT molecular complexity index is 1500. The lowest BCUT2D eigenvalue weighted by Gasteiger charge is -2.27. The number of ether oxygens (including phenoxy) is 1. The average Bonchev–Trinajstić information content (AvgIpc) is 3.38. The number of amides is 1. The first kappa shape index (κ1) is 23.9. The minimum atomic E-state index is -0.627. The molecule has 1 unspecified atom stereocenters. The van der Waals surface area contributed by atoms with Crippen molar-refractivity contribution < 1.29 is 24.1 Å². The molecule has 184 valence electrons. The molecule has 3 aromatic carbocycles. The minimum Gasteiger partial charge on any atom is -0.507 e. The van der Waals surface area contributed by atoms with Gasteiger partial charge in [-0.3, -0.25) is 9.89 Å². The van der Waals surface area contributed by atoms with Gasteiger partial charge >= 0.3 is 0 Å². The highest BCUT2D eigenvalue weighted by Gasteiger charge is 2.43. The van der Waals surface area contributed by atoms with Crippen LogP contribution in [0.25, 0.3) is 11.3 Å². The Morgan fingerprint density at radius 2 is 1.83 bits per heavy atom. The number of nitrogens with zero attached hydrogens (tertiary/aromatic N) is 2. The number of phenolic OH excluding ortho intramolecular Hbond substituents is 2. The second-order valence-corrected chi connectivity index (χ2v) is 9.71. The van der Waals surface area contributed by atoms with E-state index >= 15 is 0 Å². The summed E-state index contributed by atoms with van der Waals surface area (Å²) in [6.07, 6.45) is 0. The van der Waals surface area contributed by atoms with Crippen molar-refractivity contribution in [3.63, 3.8) is 0 Å². The van der Waals surface area contributed by atoms with Gasteiger partial charge in [-0.25, -0.2) is 4.39 Å². The average molecular weight is 552 g/mol. The molecule has 1 aliphatic rings. The number of H-pyrrole nitrogens is 1. The minimum absolute atomic E-state index is 0.0600. The SMILES string of the molecule is COc1cc(C2c3c(-c4cc(C)cc(C)c4O)n[nH]c3C(=O)N2Cc2ccc(F)cc2)cc(Br)c1O. The number of halogens is 2. The second kappa shape index (κ2) is 8.98. The van der Waals surface area contributed by atoms with Gasteiger partial charge in [0, 0.05) is 17.7 Å². The molecule has 0 fully saturated rings. The van der Waals surface area contributed by atoms with Gasteiger partial charge in [-0.1, -0.05) is 18.2 Å². The number of carbonyl (C=O) groups is 1. The van der Waals surface area contributed by atoms with E-state index in [1.54, 1.807) is 29.2 Å². The van der Waals surface area contributed by atoms with E-state index in [1.165, 1.54) is 19.2 Å². The zero-order chi connectivity index (χ0) is 25.7. The first-order valence-electron chi connectivity index (χ1n) is 11.2. The van der Waals surface area contributed by atoms with Gasteiger partial charge in [0.2, 0.25) is 0 Å². The predicted molar refractivity (Wildman–Crippen MR) is 136 cm³/mol. The molecule has 5 rings (SSSR count). The zero-order valence-corrected chi connectivity index (χ0v) is 21.4. The van der Waals surface area contributed by atoms with Crippen LogP contribution in [0.4, 0.5) is 4.39 Å². The summed E-state index contributed by atoms with van der Waals surface area (Å²) in [5.41, 5.74) is 4.91. The van der Waals surface area contributed by atoms with E-state index in [2.05, 4.69) is 26.1 Å². The summed E-state index contributed by atoms with van der Waals surface area (Å²) < 4.78 is 19.3. The topological polar surface area (TPSA) is 98.7 Å². The third-order valence-electron chi connectivity index (χ3n) is 6.42. The summed E-state index contributed by atoms with van der Waals surface area (Å²) in [5.74, 6) is -0.388. The quantitative estimate of drug-likeness (QED) is 0.293. The van der Waals surface area contributed by atoms with E-state index in [1.807, 2.05) is 26.0 Å². The zero-order valence-electron chi connectivity index (χ0n) is 19.8. The Hall–Kier alpha value is -3.85. The van der Waals surface area contributed by atoms with Gasteiger partial charge in [0.05, 0.1) is 17.6 Å². The van der Waals surface area contributed by atoms with Crippen molar-refractivity contribution in [1.82, 2.24) is 15.1 Å². The molecule has 1 aromatic heterocycles. The summed E-state index contributed by atoms with van der Waals surface area (Å²) in [6, 6.07) is 12.4. The molecule has 7 nitrogen and oxygen atoms in total. The first-order valence-corrected chi connectivity index (χ1v) is 12.0. The van der Waals surface area contributed by atoms with E-state index in [9.17, 15) is 19.4 Å². The van der Waals surface area contributed by atoms with Crippen molar-refractivity contribution >= 4 is 21.8 Å². The number of aromatic amines is 1. The number of carbonyl (C=O) groups excluding carboxylic acids is 1. The highest BCUT2D eigenvalue weighted by Crippen LogP contribution is 2.48. The van der Waals surface area contributed by atoms with Crippen LogP contribution in [0, 0.1) is 19.7 Å². The molecule has 1 amide bonds. The Balaban J connectivity index is 1.72. The Kier molecular flexibility index (Phi) is 5.96. The van der Waals surface area contributed by atoms with Crippen molar-refractivity contribution in [2.45, 2.75) is 26.4 Å². The number of nitrogens with one attached hydrogen (secondary N) is 1. The number of hydrogen-bond acceptors (Lipinski definition) is 5. The number of rotatable bonds is 5. The lowest BCUT2D eigenvalue weighted by atomic mass is 9.93. The summed E-state index contributed by atoms with van der Waals surface area (Å²) in [7, 11) is 1.45. The van der Waals surface area contributed by atoms with E-state index in [4.69, 9.17) is 4.74 Å². The standard InChI is InChI=1S/C27H23BrFN3O4/c1-13-8-14(2)25(33)18(9-13)22-21-23(31-30-22)27(35)32(12-15-4-6-17(29)7-5-15)24(21)16-10-19(28)26(34)20(11-16)36-3/h4-11,24,33-34H,12H2,1-3H3,(H,30,31). The third-order valence-corrected chi connectivity index (χ3v) is 7.02. The normalized spacial score (nSPS) is 14.9. The molecule has 1 aliphatic heterocycles. The predicted octanol–water partition coefficient (Wildman–Crippen LogP) is 5.76. The van der Waals surface area contributed by atoms with Gasteiger partial charge in [0.1, 0.15) is 23.0 Å². The maximum atomic E-state index is 13.6. The van der Waals surface area contributed by atoms with Gasteiger partial charge in [-0.05, 0) is 82.4 Å². The molecule has 0 aliphatic carbocycles. The molecule has 36 heavy (non-hydrogen) atoms. The van der Waals surface area contributed by atoms with E-state index in [0.29, 0.717) is 38.1 Å². The van der Waals surface area contributed by atoms with Crippen LogP contribution in [-0.4, -0.2) is 38.3 Å². The van der Waals surface area contributed by atoms with Gasteiger partial charge in [-0.2, -0.15) is 5.10 Å². The van der Waals surface area contributed by atoms with Crippen LogP contribution >= 0.6 is 15.9 Å². The van der Waals surface area contributed by atoms with Crippen LogP contribution in [0.15, 0.2) is 53.0 Å². The van der Waals surface area contributed by atoms with Crippen molar-refractivity contribution in [2.75, 3.05) is 7.11 Å². The van der Waals surface area contributed by atoms with Crippen LogP contribution < -0.4 is 4.74 Å². The fourth-order valence-electron chi connectivity index (χ4n) is 4.75. The first-order chi connectivity index (χ1) is 17.2. The molecule has 3 N–H and O–H groups in total. The number of fused-ring (bicyclic) bond motifs is 1. The van der Waals surface area contributed by atoms with Gasteiger partial charge in [-0.15, -0.1) is 0 Å². The Morgan fingerprint density at radius 3 is 2.53 bits per heavy atom. The van der Waals surface area contributed by atoms with Gasteiger partial charge in [0.15, 0.2) is 11.5 Å². The largest absolute Gasteiger partial charge is 0.507 e. The van der Waals surface area contributed by atoms with Crippen LogP contribution in [0.5, 0.6) is 17.2 Å². The van der Waals surface area contributed by atoms with Crippen LogP contribution in [0.1, 0.15) is 44.3 Å². The Labute approximate surface area is 215 Å². The molecule has 2 heterocycles. The number of benzene rings is 3. The molecule has 0 radical (unpaired) electrons. The van der Waals surface area contributed by atoms with Crippen molar-refractivity contribution in [3.05, 3.63) is 92.3 Å². The summed E-state index contributed by atoms with van der Waals surface area (Å²) in [6.45, 7) is 3.93. The molecule has 9 heteroatoms. The van der Waals surface area contributed by atoms with E-state index in [0.717, 1.165) is 11.1 Å². The molecule has 0 bridgehead atoms. The Morgan fingerprint density at radius 1 is 1.11 bits per heavy atom. The maximum absolute atomic E-state index is 13.6. The van der Waals surface area contributed by atoms with Crippen molar-refractivity contribution in [2.24, 2.45) is 0 Å². The number of aromatic hydroxyl groups is 2. The molecular formula is C27H23BrFN3O4. The van der Waals surface area contributed by atoms with Crippen LogP contribution in [0.2, 0.25) is 0 Å². The van der Waals surface area contributed by atoms with E-state index < -0.39 is 6.04 Å². The molecule has 1 atom stereocenters. The smallest absolute Gasteiger partial charge is 0.273 e. The monoisotopic (exact) mass is 551 g/mol. The molecular weight excluding hydrogens is 529 g/mol. The number of hydrogen-bond donors (Lipinski definition) is 3.